The van der Waals surface area contributed by atoms with Gasteiger partial charge in [0.2, 0.25) is 6.10 Å². The Hall–Kier alpha value is -2.03. The number of amides is 1. The van der Waals surface area contributed by atoms with Gasteiger partial charge in [0.15, 0.2) is 15.3 Å². The van der Waals surface area contributed by atoms with Crippen LogP contribution in [0.3, 0.4) is 0 Å². The highest BCUT2D eigenvalue weighted by molar-refractivity contribution is 14.1. The summed E-state index contributed by atoms with van der Waals surface area (Å²) in [5.41, 5.74) is 2.40. The lowest BCUT2D eigenvalue weighted by Crippen LogP contribution is -2.42. The first-order valence-electron chi connectivity index (χ1n) is 6.19. The van der Waals surface area contributed by atoms with E-state index in [4.69, 9.17) is 13.9 Å². The Labute approximate surface area is 134 Å². The van der Waals surface area contributed by atoms with Gasteiger partial charge < -0.3 is 13.9 Å². The molecule has 21 heavy (non-hydrogen) atoms. The van der Waals surface area contributed by atoms with E-state index in [-0.39, 0.29) is 12.5 Å². The second kappa shape index (κ2) is 6.17. The van der Waals surface area contributed by atoms with Gasteiger partial charge in [-0.25, -0.2) is 5.43 Å². The molecule has 0 spiro atoms. The highest BCUT2D eigenvalue weighted by atomic mass is 127. The molecule has 1 atom stereocenters. The van der Waals surface area contributed by atoms with E-state index in [1.54, 1.807) is 24.3 Å². The number of nitrogens with one attached hydrogen (secondary N) is 1. The van der Waals surface area contributed by atoms with Gasteiger partial charge in [-0.2, -0.15) is 5.10 Å². The summed E-state index contributed by atoms with van der Waals surface area (Å²) in [7, 11) is 0. The van der Waals surface area contributed by atoms with Crippen LogP contribution in [-0.4, -0.2) is 24.8 Å². The van der Waals surface area contributed by atoms with Gasteiger partial charge in [0.05, 0.1) is 6.21 Å². The second-order valence-electron chi connectivity index (χ2n) is 4.24. The second-order valence-corrected chi connectivity index (χ2v) is 5.30. The lowest BCUT2D eigenvalue weighted by Gasteiger charge is -2.24. The first-order chi connectivity index (χ1) is 10.2. The molecule has 0 aliphatic carbocycles. The fraction of sp³-hybridized carbons (Fsp3) is 0.143. The zero-order valence-corrected chi connectivity index (χ0v) is 12.9. The van der Waals surface area contributed by atoms with Crippen LogP contribution < -0.4 is 14.9 Å². The zero-order chi connectivity index (χ0) is 14.7. The monoisotopic (exact) mass is 398 g/mol. The molecule has 7 heteroatoms. The molecule has 6 nitrogen and oxygen atoms in total. The minimum absolute atomic E-state index is 0.150. The number of para-hydroxylation sites is 2. The van der Waals surface area contributed by atoms with Crippen molar-refractivity contribution in [2.24, 2.45) is 5.10 Å². The van der Waals surface area contributed by atoms with Crippen LogP contribution in [0.2, 0.25) is 0 Å². The maximum atomic E-state index is 11.9. The maximum Gasteiger partial charge on any atom is 0.284 e. The number of hydrazone groups is 1. The Balaban J connectivity index is 1.58. The molecular formula is C14H11IN2O4. The number of ether oxygens (including phenoxy) is 2. The average molecular weight is 398 g/mol. The number of benzene rings is 1. The summed E-state index contributed by atoms with van der Waals surface area (Å²) in [6, 6.07) is 10.8. The van der Waals surface area contributed by atoms with E-state index in [1.807, 2.05) is 34.7 Å². The fourth-order valence-corrected chi connectivity index (χ4v) is 2.21. The topological polar surface area (TPSA) is 73.1 Å². The molecule has 1 aromatic carbocycles. The van der Waals surface area contributed by atoms with Crippen molar-refractivity contribution < 1.29 is 18.7 Å². The number of hydrogen-bond acceptors (Lipinski definition) is 5. The quantitative estimate of drug-likeness (QED) is 0.489. The van der Waals surface area contributed by atoms with E-state index in [9.17, 15) is 4.79 Å². The van der Waals surface area contributed by atoms with E-state index in [2.05, 4.69) is 10.5 Å². The molecule has 0 fully saturated rings. The normalized spacial score (nSPS) is 16.9. The molecule has 2 aromatic rings. The number of carbonyl (C=O) groups is 1. The molecule has 108 valence electrons. The molecular weight excluding hydrogens is 387 g/mol. The maximum absolute atomic E-state index is 11.9. The molecule has 3 rings (SSSR count). The molecule has 1 aliphatic rings. The Morgan fingerprint density at radius 3 is 2.86 bits per heavy atom. The third-order valence-electron chi connectivity index (χ3n) is 2.76. The number of fused-ring (bicyclic) bond motifs is 1. The van der Waals surface area contributed by atoms with E-state index < -0.39 is 6.10 Å². The third kappa shape index (κ3) is 3.35. The van der Waals surface area contributed by atoms with E-state index in [1.165, 1.54) is 6.21 Å². The Bertz CT molecular complexity index is 683. The SMILES string of the molecule is O=C(N/N=C\c1ccc(I)o1)C1COc2ccccc2O1. The first-order valence-corrected chi connectivity index (χ1v) is 7.27. The lowest BCUT2D eigenvalue weighted by molar-refractivity contribution is -0.130. The molecule has 1 aromatic heterocycles. The van der Waals surface area contributed by atoms with Crippen molar-refractivity contribution in [3.63, 3.8) is 0 Å². The Morgan fingerprint density at radius 2 is 2.10 bits per heavy atom. The van der Waals surface area contributed by atoms with Crippen molar-refractivity contribution >= 4 is 34.7 Å². The van der Waals surface area contributed by atoms with Gasteiger partial charge in [-0.05, 0) is 46.9 Å². The summed E-state index contributed by atoms with van der Waals surface area (Å²) in [5, 5.41) is 3.83. The minimum Gasteiger partial charge on any atom is -0.485 e. The van der Waals surface area contributed by atoms with E-state index in [0.717, 1.165) is 3.77 Å². The molecule has 0 saturated heterocycles. The predicted molar refractivity (Wildman–Crippen MR) is 83.5 cm³/mol. The van der Waals surface area contributed by atoms with Crippen LogP contribution in [-0.2, 0) is 4.79 Å². The van der Waals surface area contributed by atoms with Crippen molar-refractivity contribution in [3.8, 4) is 11.5 Å². The van der Waals surface area contributed by atoms with Gasteiger partial charge in [0, 0.05) is 0 Å². The van der Waals surface area contributed by atoms with Crippen molar-refractivity contribution in [2.75, 3.05) is 6.61 Å². The van der Waals surface area contributed by atoms with Crippen LogP contribution in [0.5, 0.6) is 11.5 Å². The largest absolute Gasteiger partial charge is 0.485 e. The summed E-state index contributed by atoms with van der Waals surface area (Å²) in [5.74, 6) is 1.37. The van der Waals surface area contributed by atoms with Crippen molar-refractivity contribution in [1.29, 1.82) is 0 Å². The van der Waals surface area contributed by atoms with Gasteiger partial charge in [-0.3, -0.25) is 4.79 Å². The molecule has 1 unspecified atom stereocenters. The number of carbonyl (C=O) groups excluding carboxylic acids is 1. The molecule has 0 radical (unpaired) electrons. The van der Waals surface area contributed by atoms with Crippen LogP contribution in [0.15, 0.2) is 45.9 Å². The summed E-state index contributed by atoms with van der Waals surface area (Å²) >= 11 is 2.05. The molecule has 1 aliphatic heterocycles. The van der Waals surface area contributed by atoms with Crippen LogP contribution in [0.25, 0.3) is 0 Å². The van der Waals surface area contributed by atoms with E-state index >= 15 is 0 Å². The van der Waals surface area contributed by atoms with Gasteiger partial charge in [-0.1, -0.05) is 12.1 Å². The number of hydrogen-bond donors (Lipinski definition) is 1. The smallest absolute Gasteiger partial charge is 0.284 e. The van der Waals surface area contributed by atoms with Crippen LogP contribution in [0.1, 0.15) is 5.76 Å². The number of furan rings is 1. The summed E-state index contributed by atoms with van der Waals surface area (Å²) in [4.78, 5) is 11.9. The number of nitrogens with zero attached hydrogens (tertiary/aromatic N) is 1. The molecule has 2 heterocycles. The minimum atomic E-state index is -0.728. The third-order valence-corrected chi connectivity index (χ3v) is 3.34. The highest BCUT2D eigenvalue weighted by Gasteiger charge is 2.26. The summed E-state index contributed by atoms with van der Waals surface area (Å²) < 4.78 is 17.1. The molecule has 1 amide bonds. The summed E-state index contributed by atoms with van der Waals surface area (Å²) in [6.45, 7) is 0.150. The highest BCUT2D eigenvalue weighted by Crippen LogP contribution is 2.30. The Morgan fingerprint density at radius 1 is 1.29 bits per heavy atom. The standard InChI is InChI=1S/C14H11IN2O4/c15-13-6-5-9(20-13)7-16-17-14(18)12-8-19-10-3-1-2-4-11(10)21-12/h1-7,12H,8H2,(H,17,18)/b16-7-. The van der Waals surface area contributed by atoms with Crippen LogP contribution >= 0.6 is 22.6 Å². The van der Waals surface area contributed by atoms with Gasteiger partial charge in [-0.15, -0.1) is 0 Å². The average Bonchev–Trinajstić information content (AvgIpc) is 2.92. The van der Waals surface area contributed by atoms with Gasteiger partial charge in [0.1, 0.15) is 12.4 Å². The molecule has 0 bridgehead atoms. The number of halogens is 1. The molecule has 0 saturated carbocycles. The fourth-order valence-electron chi connectivity index (χ4n) is 1.78. The Kier molecular flexibility index (Phi) is 4.09. The van der Waals surface area contributed by atoms with E-state index in [0.29, 0.717) is 17.3 Å². The van der Waals surface area contributed by atoms with Crippen LogP contribution in [0, 0.1) is 3.77 Å². The molecule has 1 N–H and O–H groups in total. The predicted octanol–water partition coefficient (Wildman–Crippen LogP) is 2.17. The van der Waals surface area contributed by atoms with Crippen molar-refractivity contribution in [3.05, 3.63) is 45.9 Å². The lowest BCUT2D eigenvalue weighted by atomic mass is 10.2. The summed E-state index contributed by atoms with van der Waals surface area (Å²) in [6.07, 6.45) is 0.700. The first kappa shape index (κ1) is 13.9. The van der Waals surface area contributed by atoms with Gasteiger partial charge >= 0.3 is 0 Å². The van der Waals surface area contributed by atoms with Crippen molar-refractivity contribution in [1.82, 2.24) is 5.43 Å². The van der Waals surface area contributed by atoms with Gasteiger partial charge in [0.25, 0.3) is 5.91 Å². The zero-order valence-electron chi connectivity index (χ0n) is 10.8. The number of rotatable bonds is 3. The van der Waals surface area contributed by atoms with Crippen LogP contribution in [0.4, 0.5) is 0 Å². The van der Waals surface area contributed by atoms with Crippen molar-refractivity contribution in [2.45, 2.75) is 6.10 Å².